The zero-order valence-electron chi connectivity index (χ0n) is 15.5. The van der Waals surface area contributed by atoms with Crippen LogP contribution in [0.1, 0.15) is 52.7 Å². The van der Waals surface area contributed by atoms with Crippen LogP contribution in [0.15, 0.2) is 18.3 Å². The van der Waals surface area contributed by atoms with Crippen LogP contribution in [-0.4, -0.2) is 34.5 Å². The summed E-state index contributed by atoms with van der Waals surface area (Å²) in [6.07, 6.45) is 5.25. The Balaban J connectivity index is 1.70. The average molecular weight is 380 g/mol. The molecule has 3 rings (SSSR count). The van der Waals surface area contributed by atoms with E-state index < -0.39 is 5.60 Å². The molecule has 1 unspecified atom stereocenters. The van der Waals surface area contributed by atoms with Crippen LogP contribution < -0.4 is 5.32 Å². The van der Waals surface area contributed by atoms with Gasteiger partial charge in [0.15, 0.2) is 6.23 Å². The van der Waals surface area contributed by atoms with Crippen LogP contribution in [0.25, 0.3) is 10.9 Å². The SMILES string of the molecule is CC(C)(C)OC(=O)CCNc1cc2c(cnn2C2CCCCO2)cc1Cl. The van der Waals surface area contributed by atoms with Crippen molar-refractivity contribution in [1.82, 2.24) is 9.78 Å². The van der Waals surface area contributed by atoms with E-state index in [4.69, 9.17) is 21.1 Å². The van der Waals surface area contributed by atoms with E-state index >= 15 is 0 Å². The molecule has 6 nitrogen and oxygen atoms in total. The quantitative estimate of drug-likeness (QED) is 0.773. The highest BCUT2D eigenvalue weighted by Crippen LogP contribution is 2.31. The van der Waals surface area contributed by atoms with Crippen LogP contribution in [-0.2, 0) is 14.3 Å². The van der Waals surface area contributed by atoms with E-state index in [0.717, 1.165) is 42.5 Å². The zero-order chi connectivity index (χ0) is 18.7. The number of benzene rings is 1. The van der Waals surface area contributed by atoms with E-state index in [1.807, 2.05) is 43.8 Å². The number of aromatic nitrogens is 2. The van der Waals surface area contributed by atoms with Crippen molar-refractivity contribution in [3.63, 3.8) is 0 Å². The van der Waals surface area contributed by atoms with Gasteiger partial charge in [-0.1, -0.05) is 11.6 Å². The van der Waals surface area contributed by atoms with Crippen molar-refractivity contribution in [2.24, 2.45) is 0 Å². The molecule has 2 heterocycles. The number of nitrogens with zero attached hydrogens (tertiary/aromatic N) is 2. The molecule has 1 fully saturated rings. The molecule has 1 atom stereocenters. The lowest BCUT2D eigenvalue weighted by molar-refractivity contribution is -0.154. The highest BCUT2D eigenvalue weighted by Gasteiger charge is 2.20. The summed E-state index contributed by atoms with van der Waals surface area (Å²) in [5, 5.41) is 9.28. The third-order valence-electron chi connectivity index (χ3n) is 4.18. The van der Waals surface area contributed by atoms with Crippen LogP contribution >= 0.6 is 11.6 Å². The third kappa shape index (κ3) is 4.68. The molecule has 1 aromatic heterocycles. The number of ether oxygens (including phenoxy) is 2. The molecule has 142 valence electrons. The normalized spacial score (nSPS) is 18.1. The van der Waals surface area contributed by atoms with Gasteiger partial charge < -0.3 is 14.8 Å². The first-order valence-corrected chi connectivity index (χ1v) is 9.45. The Labute approximate surface area is 158 Å². The zero-order valence-corrected chi connectivity index (χ0v) is 16.3. The summed E-state index contributed by atoms with van der Waals surface area (Å²) < 4.78 is 13.1. The number of carbonyl (C=O) groups is 1. The molecule has 1 saturated heterocycles. The van der Waals surface area contributed by atoms with Crippen LogP contribution in [0.3, 0.4) is 0 Å². The van der Waals surface area contributed by atoms with Crippen molar-refractivity contribution in [1.29, 1.82) is 0 Å². The molecule has 26 heavy (non-hydrogen) atoms. The maximum absolute atomic E-state index is 11.8. The largest absolute Gasteiger partial charge is 0.460 e. The van der Waals surface area contributed by atoms with Gasteiger partial charge in [0.05, 0.1) is 28.8 Å². The van der Waals surface area contributed by atoms with Gasteiger partial charge in [-0.3, -0.25) is 4.79 Å². The summed E-state index contributed by atoms with van der Waals surface area (Å²) in [6.45, 7) is 6.79. The summed E-state index contributed by atoms with van der Waals surface area (Å²) >= 11 is 6.37. The van der Waals surface area contributed by atoms with Crippen LogP contribution in [0.5, 0.6) is 0 Å². The van der Waals surface area contributed by atoms with Gasteiger partial charge in [0, 0.05) is 18.5 Å². The van der Waals surface area contributed by atoms with Crippen molar-refractivity contribution >= 4 is 34.2 Å². The predicted octanol–water partition coefficient (Wildman–Crippen LogP) is 4.53. The molecule has 2 aromatic rings. The number of halogens is 1. The Kier molecular flexibility index (Phi) is 5.73. The fraction of sp³-hybridized carbons (Fsp3) is 0.579. The molecular weight excluding hydrogens is 354 g/mol. The van der Waals surface area contributed by atoms with E-state index in [1.165, 1.54) is 0 Å². The lowest BCUT2D eigenvalue weighted by atomic mass is 10.2. The summed E-state index contributed by atoms with van der Waals surface area (Å²) in [5.74, 6) is -0.233. The first-order chi connectivity index (χ1) is 12.3. The van der Waals surface area contributed by atoms with E-state index in [-0.39, 0.29) is 18.6 Å². The second-order valence-corrected chi connectivity index (χ2v) is 7.97. The fourth-order valence-electron chi connectivity index (χ4n) is 3.04. The van der Waals surface area contributed by atoms with Gasteiger partial charge in [0.25, 0.3) is 0 Å². The highest BCUT2D eigenvalue weighted by atomic mass is 35.5. The summed E-state index contributed by atoms with van der Waals surface area (Å²) in [6, 6.07) is 3.86. The van der Waals surface area contributed by atoms with E-state index in [2.05, 4.69) is 10.4 Å². The molecule has 0 bridgehead atoms. The molecule has 0 aliphatic carbocycles. The number of rotatable bonds is 5. The Morgan fingerprint density at radius 1 is 1.42 bits per heavy atom. The minimum atomic E-state index is -0.472. The minimum Gasteiger partial charge on any atom is -0.460 e. The molecule has 0 saturated carbocycles. The predicted molar refractivity (Wildman–Crippen MR) is 103 cm³/mol. The van der Waals surface area contributed by atoms with Crippen molar-refractivity contribution in [3.05, 3.63) is 23.4 Å². The number of hydrogen-bond donors (Lipinski definition) is 1. The summed E-state index contributed by atoms with van der Waals surface area (Å²) in [5.41, 5.74) is 1.28. The van der Waals surface area contributed by atoms with E-state index in [1.54, 1.807) is 0 Å². The fourth-order valence-corrected chi connectivity index (χ4v) is 3.28. The highest BCUT2D eigenvalue weighted by molar-refractivity contribution is 6.34. The molecular formula is C19H26ClN3O3. The third-order valence-corrected chi connectivity index (χ3v) is 4.49. The van der Waals surface area contributed by atoms with Gasteiger partial charge in [-0.05, 0) is 52.2 Å². The topological polar surface area (TPSA) is 65.4 Å². The monoisotopic (exact) mass is 379 g/mol. The van der Waals surface area contributed by atoms with Crippen LogP contribution in [0, 0.1) is 0 Å². The molecule has 0 radical (unpaired) electrons. The molecule has 7 heteroatoms. The molecule has 1 N–H and O–H groups in total. The second kappa shape index (κ2) is 7.84. The maximum atomic E-state index is 11.8. The van der Waals surface area contributed by atoms with Gasteiger partial charge in [-0.15, -0.1) is 0 Å². The van der Waals surface area contributed by atoms with E-state index in [9.17, 15) is 4.79 Å². The average Bonchev–Trinajstić information content (AvgIpc) is 2.96. The van der Waals surface area contributed by atoms with Crippen LogP contribution in [0.2, 0.25) is 5.02 Å². The number of hydrogen-bond acceptors (Lipinski definition) is 5. The van der Waals surface area contributed by atoms with Gasteiger partial charge in [0.1, 0.15) is 5.60 Å². The van der Waals surface area contributed by atoms with Gasteiger partial charge >= 0.3 is 5.97 Å². The summed E-state index contributed by atoms with van der Waals surface area (Å²) in [7, 11) is 0. The number of nitrogens with one attached hydrogen (secondary N) is 1. The Morgan fingerprint density at radius 3 is 2.92 bits per heavy atom. The second-order valence-electron chi connectivity index (χ2n) is 7.56. The van der Waals surface area contributed by atoms with Crippen molar-refractivity contribution in [2.75, 3.05) is 18.5 Å². The Bertz CT molecular complexity index is 776. The first-order valence-electron chi connectivity index (χ1n) is 9.07. The Hall–Kier alpha value is -1.79. The van der Waals surface area contributed by atoms with Crippen molar-refractivity contribution in [2.45, 2.75) is 58.3 Å². The summed E-state index contributed by atoms with van der Waals surface area (Å²) in [4.78, 5) is 11.8. The molecule has 1 aliphatic heterocycles. The van der Waals surface area contributed by atoms with Gasteiger partial charge in [0.2, 0.25) is 0 Å². The molecule has 0 amide bonds. The van der Waals surface area contributed by atoms with Gasteiger partial charge in [-0.2, -0.15) is 5.10 Å². The van der Waals surface area contributed by atoms with Crippen LogP contribution in [0.4, 0.5) is 5.69 Å². The molecule has 1 aliphatic rings. The number of carbonyl (C=O) groups excluding carboxylic acids is 1. The lowest BCUT2D eigenvalue weighted by Gasteiger charge is -2.23. The smallest absolute Gasteiger partial charge is 0.308 e. The number of esters is 1. The number of fused-ring (bicyclic) bond motifs is 1. The molecule has 0 spiro atoms. The first kappa shape index (κ1) is 19.0. The Morgan fingerprint density at radius 2 is 2.23 bits per heavy atom. The van der Waals surface area contributed by atoms with E-state index in [0.29, 0.717) is 11.6 Å². The molecule has 1 aromatic carbocycles. The standard InChI is InChI=1S/C19H26ClN3O3/c1-19(2,3)26-18(24)7-8-21-15-11-16-13(10-14(15)20)12-22-23(16)17-6-4-5-9-25-17/h10-12,17,21H,4-9H2,1-3H3. The maximum Gasteiger partial charge on any atom is 0.308 e. The number of anilines is 1. The van der Waals surface area contributed by atoms with Crippen molar-refractivity contribution < 1.29 is 14.3 Å². The van der Waals surface area contributed by atoms with Crippen molar-refractivity contribution in [3.8, 4) is 0 Å². The lowest BCUT2D eigenvalue weighted by Crippen LogP contribution is -2.25. The van der Waals surface area contributed by atoms with Gasteiger partial charge in [-0.25, -0.2) is 4.68 Å². The minimum absolute atomic E-state index is 0.0305.